The molecule has 0 saturated carbocycles. The van der Waals surface area contributed by atoms with E-state index in [1.165, 1.54) is 26.2 Å². The molecule has 2 aromatic rings. The average Bonchev–Trinajstić information content (AvgIpc) is 3.50. The molecular weight excluding hydrogens is 1040 g/mol. The number of aliphatic hydroxyl groups excluding tert-OH is 11. The molecule has 21 atom stereocenters. The summed E-state index contributed by atoms with van der Waals surface area (Å²) in [5.41, 5.74) is 0.158. The van der Waals surface area contributed by atoms with E-state index in [-0.39, 0.29) is 41.7 Å². The molecule has 0 bridgehead atoms. The Hall–Kier alpha value is -2.65. The van der Waals surface area contributed by atoms with Crippen LogP contribution in [0.2, 0.25) is 0 Å². The first-order valence-corrected chi connectivity index (χ1v) is 26.6. The third kappa shape index (κ3) is 16.3. The Morgan fingerprint density at radius 3 is 1.92 bits per heavy atom. The van der Waals surface area contributed by atoms with Gasteiger partial charge in [-0.25, -0.2) is 0 Å². The van der Waals surface area contributed by atoms with Gasteiger partial charge in [-0.3, -0.25) is 9.59 Å². The monoisotopic (exact) mass is 1120 g/mol. The number of hydrogen-bond donors (Lipinski definition) is 13. The number of hydrogen-bond acceptors (Lipinski definition) is 23. The second kappa shape index (κ2) is 31.1. The van der Waals surface area contributed by atoms with Gasteiger partial charge in [0.25, 0.3) is 5.91 Å². The molecule has 436 valence electrons. The normalized spacial score (nSPS) is 36.0. The van der Waals surface area contributed by atoms with Crippen LogP contribution in [0, 0.1) is 0 Å². The van der Waals surface area contributed by atoms with Crippen LogP contribution in [0.4, 0.5) is 0 Å². The first-order chi connectivity index (χ1) is 36.8. The standard InChI is InChI=1S/C52H80N2O23.Na/c1-4-5-6-7-8-9-10-11-12-15-20-70-48-36(54-47(67)30-19-18-28-16-13-14-17-29(28)21-30)45(75-49-41(65)40(64)37(61)26(2)71-49)43(34(25-57)73-48)74-50-42(66)46(39(63)33(24-56)72-50)77-52(51(68)69)22-31(59)35(53-27(3)58)44(76-52)38(62)32(60)23-55;/h13-14,16-19,21,26,31-46,48-50,55-57,59-66H,4-12,15,20,22-25H2,1-3H3,(H,53,58)(H,54,67)(H,68,69);/q;+1/p-1/t26-,31+,32-,33-,34-,35-,36-,37-,38?,39+,40-,41+,42-,43-,44+,45-,46+,48-,49+,50+,52+;/m1./s1. The zero-order valence-electron chi connectivity index (χ0n) is 44.5. The number of carboxylic acid groups (broad SMARTS) is 1. The fourth-order valence-corrected chi connectivity index (χ4v) is 10.2. The van der Waals surface area contributed by atoms with Crippen molar-refractivity contribution in [1.82, 2.24) is 10.6 Å². The van der Waals surface area contributed by atoms with Crippen molar-refractivity contribution in [2.45, 2.75) is 220 Å². The number of nitrogens with one attached hydrogen (secondary N) is 2. The summed E-state index contributed by atoms with van der Waals surface area (Å²) in [6.07, 6.45) is -24.9. The van der Waals surface area contributed by atoms with Gasteiger partial charge in [0.2, 0.25) is 11.7 Å². The van der Waals surface area contributed by atoms with Crippen LogP contribution in [-0.2, 0) is 47.5 Å². The summed E-state index contributed by atoms with van der Waals surface area (Å²) in [5.74, 6) is -7.00. The predicted molar refractivity (Wildman–Crippen MR) is 263 cm³/mol. The minimum Gasteiger partial charge on any atom is -0.544 e. The number of carboxylic acids is 1. The molecular formula is C52H79N2NaO23. The van der Waals surface area contributed by atoms with Crippen LogP contribution in [0.25, 0.3) is 10.8 Å². The summed E-state index contributed by atoms with van der Waals surface area (Å²) >= 11 is 0. The number of rotatable bonds is 27. The molecule has 0 aliphatic carbocycles. The number of amides is 2. The zero-order chi connectivity index (χ0) is 56.1. The maximum absolute atomic E-state index is 14.5. The number of aliphatic carboxylic acids is 1. The predicted octanol–water partition coefficient (Wildman–Crippen LogP) is -6.17. The molecule has 26 heteroatoms. The van der Waals surface area contributed by atoms with Gasteiger partial charge >= 0.3 is 29.6 Å². The quantitative estimate of drug-likeness (QED) is 0.0292. The number of fused-ring (bicyclic) bond motifs is 1. The maximum Gasteiger partial charge on any atom is 1.00 e. The molecule has 4 aliphatic heterocycles. The molecule has 2 amide bonds. The number of unbranched alkanes of at least 4 members (excludes halogenated alkanes) is 9. The van der Waals surface area contributed by atoms with E-state index in [2.05, 4.69) is 17.6 Å². The molecule has 4 saturated heterocycles. The van der Waals surface area contributed by atoms with Gasteiger partial charge in [0.1, 0.15) is 91.4 Å². The Kier molecular flexibility index (Phi) is 26.4. The Labute approximate surface area is 474 Å². The number of carbonyl (C=O) groups is 3. The van der Waals surface area contributed by atoms with Crippen LogP contribution >= 0.6 is 0 Å². The van der Waals surface area contributed by atoms with Crippen LogP contribution in [0.1, 0.15) is 102 Å². The number of benzene rings is 2. The van der Waals surface area contributed by atoms with Crippen molar-refractivity contribution >= 4 is 28.6 Å². The van der Waals surface area contributed by atoms with Crippen LogP contribution < -0.4 is 45.3 Å². The second-order valence-electron chi connectivity index (χ2n) is 20.4. The van der Waals surface area contributed by atoms with Crippen LogP contribution in [0.15, 0.2) is 42.5 Å². The Bertz CT molecular complexity index is 2170. The topological polar surface area (TPSA) is 395 Å². The number of carbonyl (C=O) groups excluding carboxylic acids is 3. The molecule has 78 heavy (non-hydrogen) atoms. The van der Waals surface area contributed by atoms with Crippen molar-refractivity contribution in [2.24, 2.45) is 0 Å². The number of aliphatic hydroxyl groups is 11. The van der Waals surface area contributed by atoms with Crippen molar-refractivity contribution < 1.29 is 143 Å². The third-order valence-corrected chi connectivity index (χ3v) is 14.6. The molecule has 4 aliphatic rings. The third-order valence-electron chi connectivity index (χ3n) is 14.6. The largest absolute Gasteiger partial charge is 1.00 e. The van der Waals surface area contributed by atoms with Crippen molar-refractivity contribution in [2.75, 3.05) is 26.4 Å². The smallest absolute Gasteiger partial charge is 0.544 e. The number of ether oxygens (including phenoxy) is 8. The van der Waals surface area contributed by atoms with Crippen LogP contribution in [0.3, 0.4) is 0 Å². The SMILES string of the molecule is CCCCCCCCCCCCO[C@@H]1O[C@H](CO)[C@@H](O[C@@H]2O[C@H](CO)[C@H](O)[C@H](O[C@]3(C(=O)[O-])C[C@H](O)[C@@H](NC(C)=O)[C@@H](C(O)[C@H](O)CO)O3)[C@H]2O)[C@H](O[C@@H]2O[C@H](C)[C@@H](O)[C@@H](O)[C@@H]2O)[C@H]1NC(=O)c1ccc2ccccc2c1.[Na+]. The van der Waals surface area contributed by atoms with E-state index >= 15 is 0 Å². The first-order valence-electron chi connectivity index (χ1n) is 26.6. The summed E-state index contributed by atoms with van der Waals surface area (Å²) in [5, 5.41) is 140. The average molecular weight is 1120 g/mol. The summed E-state index contributed by atoms with van der Waals surface area (Å²) in [4.78, 5) is 39.7. The second-order valence-corrected chi connectivity index (χ2v) is 20.4. The van der Waals surface area contributed by atoms with E-state index in [1.54, 1.807) is 30.3 Å². The van der Waals surface area contributed by atoms with Gasteiger partial charge in [-0.05, 0) is 36.2 Å². The van der Waals surface area contributed by atoms with E-state index in [0.29, 0.717) is 11.8 Å². The van der Waals surface area contributed by atoms with Crippen LogP contribution in [-0.4, -0.2) is 229 Å². The zero-order valence-corrected chi connectivity index (χ0v) is 46.5. The Balaban J connectivity index is 0.0000112. The molecule has 0 spiro atoms. The summed E-state index contributed by atoms with van der Waals surface area (Å²) in [7, 11) is 0. The van der Waals surface area contributed by atoms with E-state index in [9.17, 15) is 75.7 Å². The van der Waals surface area contributed by atoms with Crippen molar-refractivity contribution in [3.05, 3.63) is 48.0 Å². The van der Waals surface area contributed by atoms with E-state index in [0.717, 1.165) is 50.8 Å². The summed E-state index contributed by atoms with van der Waals surface area (Å²) < 4.78 is 48.7. The molecule has 6 rings (SSSR count). The van der Waals surface area contributed by atoms with E-state index in [1.807, 2.05) is 12.1 Å². The van der Waals surface area contributed by atoms with Gasteiger partial charge in [-0.1, -0.05) is 95.0 Å². The van der Waals surface area contributed by atoms with Gasteiger partial charge in [-0.15, -0.1) is 0 Å². The van der Waals surface area contributed by atoms with Gasteiger partial charge in [0.05, 0.1) is 38.1 Å². The van der Waals surface area contributed by atoms with Gasteiger partial charge in [0.15, 0.2) is 18.9 Å². The molecule has 4 heterocycles. The summed E-state index contributed by atoms with van der Waals surface area (Å²) in [6, 6.07) is 9.04. The first kappa shape index (κ1) is 66.2. The molecule has 0 aromatic heterocycles. The molecule has 13 N–H and O–H groups in total. The van der Waals surface area contributed by atoms with Crippen molar-refractivity contribution in [3.8, 4) is 0 Å². The van der Waals surface area contributed by atoms with Crippen molar-refractivity contribution in [1.29, 1.82) is 0 Å². The fourth-order valence-electron chi connectivity index (χ4n) is 10.2. The molecule has 1 unspecified atom stereocenters. The van der Waals surface area contributed by atoms with Gasteiger partial charge in [-0.2, -0.15) is 0 Å². The molecule has 0 radical (unpaired) electrons. The fraction of sp³-hybridized carbons (Fsp3) is 0.750. The molecule has 4 fully saturated rings. The molecule has 2 aromatic carbocycles. The Morgan fingerprint density at radius 2 is 1.31 bits per heavy atom. The molecule has 25 nitrogen and oxygen atoms in total. The maximum atomic E-state index is 14.5. The van der Waals surface area contributed by atoms with Crippen LogP contribution in [0.5, 0.6) is 0 Å². The van der Waals surface area contributed by atoms with Crippen molar-refractivity contribution in [3.63, 3.8) is 0 Å². The minimum absolute atomic E-state index is 0. The summed E-state index contributed by atoms with van der Waals surface area (Å²) in [6.45, 7) is 1.58. The van der Waals surface area contributed by atoms with Gasteiger partial charge < -0.3 is 115 Å². The van der Waals surface area contributed by atoms with E-state index < -0.39 is 172 Å². The van der Waals surface area contributed by atoms with Gasteiger partial charge in [0, 0.05) is 25.5 Å². The van der Waals surface area contributed by atoms with E-state index in [4.69, 9.17) is 37.9 Å². The Morgan fingerprint density at radius 1 is 0.705 bits per heavy atom. The minimum atomic E-state index is -3.25.